The van der Waals surface area contributed by atoms with Crippen LogP contribution in [-0.4, -0.2) is 41.1 Å². The summed E-state index contributed by atoms with van der Waals surface area (Å²) in [6.07, 6.45) is 1.59. The standard InChI is InChI=1S/C22H20FNO5/c1-2-3-8-18(24-20(26)16-6-4-5-7-17(16)21(24)27)22(28)29-13-19(25)14-9-11-15(23)12-10-14/h4-7,9-12,18H,2-3,8,13H2,1H3/t18-/m0/s1. The van der Waals surface area contributed by atoms with Gasteiger partial charge < -0.3 is 4.74 Å². The number of Topliss-reactive ketones (excluding diaryl/α,β-unsaturated/α-hetero) is 1. The molecule has 1 aliphatic rings. The molecule has 0 radical (unpaired) electrons. The third-order valence-corrected chi connectivity index (χ3v) is 4.75. The predicted octanol–water partition coefficient (Wildman–Crippen LogP) is 3.41. The Bertz CT molecular complexity index is 919. The molecule has 0 aliphatic carbocycles. The van der Waals surface area contributed by atoms with Crippen LogP contribution in [0.5, 0.6) is 0 Å². The summed E-state index contributed by atoms with van der Waals surface area (Å²) >= 11 is 0. The summed E-state index contributed by atoms with van der Waals surface area (Å²) < 4.78 is 18.1. The van der Waals surface area contributed by atoms with E-state index in [0.29, 0.717) is 6.42 Å². The number of nitrogens with zero attached hydrogens (tertiary/aromatic N) is 1. The Morgan fingerprint density at radius 3 is 2.14 bits per heavy atom. The summed E-state index contributed by atoms with van der Waals surface area (Å²) in [5.74, 6) is -2.90. The fourth-order valence-electron chi connectivity index (χ4n) is 3.19. The second kappa shape index (κ2) is 8.77. The van der Waals surface area contributed by atoms with Gasteiger partial charge in [-0.25, -0.2) is 9.18 Å². The molecule has 3 rings (SSSR count). The van der Waals surface area contributed by atoms with Crippen molar-refractivity contribution in [3.8, 4) is 0 Å². The monoisotopic (exact) mass is 397 g/mol. The highest BCUT2D eigenvalue weighted by molar-refractivity contribution is 6.22. The average molecular weight is 397 g/mol. The molecule has 2 amide bonds. The topological polar surface area (TPSA) is 80.8 Å². The van der Waals surface area contributed by atoms with E-state index in [9.17, 15) is 23.6 Å². The Morgan fingerprint density at radius 1 is 1.00 bits per heavy atom. The quantitative estimate of drug-likeness (QED) is 0.387. The predicted molar refractivity (Wildman–Crippen MR) is 102 cm³/mol. The largest absolute Gasteiger partial charge is 0.456 e. The molecule has 150 valence electrons. The van der Waals surface area contributed by atoms with Crippen LogP contribution >= 0.6 is 0 Å². The second-order valence-electron chi connectivity index (χ2n) is 6.72. The number of esters is 1. The first-order chi connectivity index (χ1) is 13.9. The number of amides is 2. The Hall–Kier alpha value is -3.35. The lowest BCUT2D eigenvalue weighted by molar-refractivity contribution is -0.147. The van der Waals surface area contributed by atoms with Crippen LogP contribution in [0.15, 0.2) is 48.5 Å². The lowest BCUT2D eigenvalue weighted by Crippen LogP contribution is -2.46. The van der Waals surface area contributed by atoms with Crippen molar-refractivity contribution >= 4 is 23.6 Å². The zero-order valence-electron chi connectivity index (χ0n) is 15.9. The maximum atomic E-state index is 13.0. The number of benzene rings is 2. The third-order valence-electron chi connectivity index (χ3n) is 4.75. The molecule has 6 nitrogen and oxygen atoms in total. The van der Waals surface area contributed by atoms with Crippen molar-refractivity contribution in [1.82, 2.24) is 4.90 Å². The van der Waals surface area contributed by atoms with E-state index in [1.807, 2.05) is 6.92 Å². The SMILES string of the molecule is CCCC[C@@H](C(=O)OCC(=O)c1ccc(F)cc1)N1C(=O)c2ccccc2C1=O. The Labute approximate surface area is 167 Å². The fourth-order valence-corrected chi connectivity index (χ4v) is 3.19. The van der Waals surface area contributed by atoms with Crippen LogP contribution in [-0.2, 0) is 9.53 Å². The maximum absolute atomic E-state index is 13.0. The first kappa shape index (κ1) is 20.4. The molecule has 29 heavy (non-hydrogen) atoms. The van der Waals surface area contributed by atoms with E-state index in [1.54, 1.807) is 12.1 Å². The number of fused-ring (bicyclic) bond motifs is 1. The number of hydrogen-bond donors (Lipinski definition) is 0. The van der Waals surface area contributed by atoms with Crippen LogP contribution in [0.3, 0.4) is 0 Å². The molecule has 0 saturated heterocycles. The van der Waals surface area contributed by atoms with Gasteiger partial charge in [0.25, 0.3) is 11.8 Å². The molecule has 0 unspecified atom stereocenters. The van der Waals surface area contributed by atoms with E-state index in [4.69, 9.17) is 4.74 Å². The number of rotatable bonds is 8. The highest BCUT2D eigenvalue weighted by Crippen LogP contribution is 2.27. The molecule has 0 saturated carbocycles. The molecule has 7 heteroatoms. The lowest BCUT2D eigenvalue weighted by atomic mass is 10.1. The summed E-state index contributed by atoms with van der Waals surface area (Å²) in [6, 6.07) is 10.1. The van der Waals surface area contributed by atoms with Gasteiger partial charge in [0.15, 0.2) is 12.4 Å². The van der Waals surface area contributed by atoms with Gasteiger partial charge in [-0.15, -0.1) is 0 Å². The molecule has 1 heterocycles. The smallest absolute Gasteiger partial charge is 0.329 e. The van der Waals surface area contributed by atoms with Crippen LogP contribution in [0, 0.1) is 5.82 Å². The molecule has 0 bridgehead atoms. The number of unbranched alkanes of at least 4 members (excludes halogenated alkanes) is 1. The van der Waals surface area contributed by atoms with Crippen molar-refractivity contribution in [2.24, 2.45) is 0 Å². The first-order valence-electron chi connectivity index (χ1n) is 9.36. The van der Waals surface area contributed by atoms with Crippen LogP contribution in [0.2, 0.25) is 0 Å². The van der Waals surface area contributed by atoms with E-state index in [0.717, 1.165) is 23.5 Å². The van der Waals surface area contributed by atoms with Crippen LogP contribution in [0.1, 0.15) is 57.3 Å². The zero-order valence-corrected chi connectivity index (χ0v) is 15.9. The minimum atomic E-state index is -1.11. The molecule has 2 aromatic rings. The van der Waals surface area contributed by atoms with E-state index >= 15 is 0 Å². The van der Waals surface area contributed by atoms with Crippen LogP contribution < -0.4 is 0 Å². The number of carbonyl (C=O) groups is 4. The molecule has 0 spiro atoms. The minimum absolute atomic E-state index is 0.199. The van der Waals surface area contributed by atoms with Crippen LogP contribution in [0.25, 0.3) is 0 Å². The van der Waals surface area contributed by atoms with Crippen molar-refractivity contribution in [3.63, 3.8) is 0 Å². The molecule has 0 aromatic heterocycles. The van der Waals surface area contributed by atoms with Crippen molar-refractivity contribution < 1.29 is 28.3 Å². The van der Waals surface area contributed by atoms with Gasteiger partial charge in [-0.2, -0.15) is 0 Å². The van der Waals surface area contributed by atoms with Gasteiger partial charge in [0.05, 0.1) is 11.1 Å². The van der Waals surface area contributed by atoms with E-state index in [1.165, 1.54) is 24.3 Å². The van der Waals surface area contributed by atoms with Gasteiger partial charge in [-0.3, -0.25) is 19.3 Å². The number of ketones is 1. The van der Waals surface area contributed by atoms with Gasteiger partial charge in [0.1, 0.15) is 11.9 Å². The highest BCUT2D eigenvalue weighted by atomic mass is 19.1. The lowest BCUT2D eigenvalue weighted by Gasteiger charge is -2.24. The normalized spacial score (nSPS) is 13.9. The molecule has 2 aromatic carbocycles. The van der Waals surface area contributed by atoms with E-state index < -0.39 is 42.0 Å². The molecule has 1 aliphatic heterocycles. The van der Waals surface area contributed by atoms with Gasteiger partial charge >= 0.3 is 5.97 Å². The van der Waals surface area contributed by atoms with Crippen molar-refractivity contribution in [2.45, 2.75) is 32.2 Å². The van der Waals surface area contributed by atoms with E-state index in [2.05, 4.69) is 0 Å². The van der Waals surface area contributed by atoms with Gasteiger partial charge in [-0.1, -0.05) is 31.9 Å². The molecule has 0 N–H and O–H groups in total. The second-order valence-corrected chi connectivity index (χ2v) is 6.72. The summed E-state index contributed by atoms with van der Waals surface area (Å²) in [6.45, 7) is 1.36. The number of carbonyl (C=O) groups excluding carboxylic acids is 4. The van der Waals surface area contributed by atoms with E-state index in [-0.39, 0.29) is 23.1 Å². The van der Waals surface area contributed by atoms with Crippen molar-refractivity contribution in [1.29, 1.82) is 0 Å². The Kier molecular flexibility index (Phi) is 6.16. The van der Waals surface area contributed by atoms with Crippen molar-refractivity contribution in [3.05, 3.63) is 71.0 Å². The zero-order chi connectivity index (χ0) is 21.0. The number of imide groups is 1. The summed E-state index contributed by atoms with van der Waals surface area (Å²) in [5, 5.41) is 0. The van der Waals surface area contributed by atoms with Gasteiger partial charge in [-0.05, 0) is 42.8 Å². The molecular formula is C22H20FNO5. The van der Waals surface area contributed by atoms with Gasteiger partial charge in [0.2, 0.25) is 0 Å². The fraction of sp³-hybridized carbons (Fsp3) is 0.273. The van der Waals surface area contributed by atoms with Crippen LogP contribution in [0.4, 0.5) is 4.39 Å². The Morgan fingerprint density at radius 2 is 1.59 bits per heavy atom. The molecule has 0 fully saturated rings. The number of hydrogen-bond acceptors (Lipinski definition) is 5. The summed E-state index contributed by atoms with van der Waals surface area (Å²) in [4.78, 5) is 51.2. The molecular weight excluding hydrogens is 377 g/mol. The van der Waals surface area contributed by atoms with Gasteiger partial charge in [0, 0.05) is 5.56 Å². The summed E-state index contributed by atoms with van der Waals surface area (Å²) in [7, 11) is 0. The minimum Gasteiger partial charge on any atom is -0.456 e. The summed E-state index contributed by atoms with van der Waals surface area (Å²) in [5.41, 5.74) is 0.688. The average Bonchev–Trinajstić information content (AvgIpc) is 2.98. The van der Waals surface area contributed by atoms with Crippen molar-refractivity contribution in [2.75, 3.05) is 6.61 Å². The first-order valence-corrected chi connectivity index (χ1v) is 9.36. The number of ether oxygens (including phenoxy) is 1. The third kappa shape index (κ3) is 4.23. The maximum Gasteiger partial charge on any atom is 0.329 e. The highest BCUT2D eigenvalue weighted by Gasteiger charge is 2.43. The Balaban J connectivity index is 1.74. The number of halogens is 1. The molecule has 1 atom stereocenters.